The van der Waals surface area contributed by atoms with Crippen LogP contribution in [0.2, 0.25) is 5.02 Å². The summed E-state index contributed by atoms with van der Waals surface area (Å²) in [7, 11) is 0. The van der Waals surface area contributed by atoms with Crippen molar-refractivity contribution in [3.05, 3.63) is 64.5 Å². The van der Waals surface area contributed by atoms with Crippen LogP contribution < -0.4 is 4.90 Å². The Labute approximate surface area is 180 Å². The molecule has 0 N–H and O–H groups in total. The number of hydrogen-bond donors (Lipinski definition) is 0. The van der Waals surface area contributed by atoms with Gasteiger partial charge in [-0.2, -0.15) is 8.78 Å². The van der Waals surface area contributed by atoms with Crippen LogP contribution in [0.25, 0.3) is 11.5 Å². The van der Waals surface area contributed by atoms with Crippen LogP contribution in [0.15, 0.2) is 40.8 Å². The number of halogens is 5. The van der Waals surface area contributed by atoms with Gasteiger partial charge in [-0.3, -0.25) is 4.90 Å². The summed E-state index contributed by atoms with van der Waals surface area (Å²) in [6, 6.07) is 9.12. The maximum Gasteiger partial charge on any atom is 0.314 e. The number of likely N-dealkylation sites (tertiary alicyclic amines) is 1. The Kier molecular flexibility index (Phi) is 4.90. The summed E-state index contributed by atoms with van der Waals surface area (Å²) in [4.78, 5) is 4.30. The standard InChI is InChI=1S/C21H17ClF4N4O/c22-15-6-14(3-4-16(15)23)30-10-21(11-30)8-29(9-21)7-13-2-1-12(5-17(13)24)19-27-28-20(31-19)18(25)26/h1-6,18H,7-11H2. The van der Waals surface area contributed by atoms with Crippen molar-refractivity contribution < 1.29 is 22.0 Å². The average Bonchev–Trinajstić information content (AvgIpc) is 3.17. The molecule has 0 amide bonds. The lowest BCUT2D eigenvalue weighted by molar-refractivity contribution is -0.0278. The van der Waals surface area contributed by atoms with E-state index in [-0.39, 0.29) is 21.9 Å². The van der Waals surface area contributed by atoms with E-state index in [9.17, 15) is 17.6 Å². The molecule has 10 heteroatoms. The fourth-order valence-electron chi connectivity index (χ4n) is 4.33. The number of hydrogen-bond acceptors (Lipinski definition) is 5. The second kappa shape index (κ2) is 7.49. The highest BCUT2D eigenvalue weighted by Crippen LogP contribution is 2.43. The third-order valence-electron chi connectivity index (χ3n) is 5.76. The van der Waals surface area contributed by atoms with Gasteiger partial charge < -0.3 is 9.32 Å². The molecule has 162 valence electrons. The Hall–Kier alpha value is -2.65. The zero-order chi connectivity index (χ0) is 21.8. The van der Waals surface area contributed by atoms with Crippen LogP contribution in [-0.4, -0.2) is 41.3 Å². The third kappa shape index (κ3) is 3.76. The molecule has 0 bridgehead atoms. The molecule has 3 aromatic rings. The predicted molar refractivity (Wildman–Crippen MR) is 106 cm³/mol. The van der Waals surface area contributed by atoms with Crippen molar-refractivity contribution in [2.24, 2.45) is 5.41 Å². The molecule has 0 aliphatic carbocycles. The minimum Gasteiger partial charge on any atom is -0.415 e. The van der Waals surface area contributed by atoms with Gasteiger partial charge in [0.15, 0.2) is 0 Å². The molecule has 2 aliphatic rings. The Morgan fingerprint density at radius 2 is 1.77 bits per heavy atom. The van der Waals surface area contributed by atoms with Gasteiger partial charge >= 0.3 is 6.43 Å². The van der Waals surface area contributed by atoms with Crippen molar-refractivity contribution in [3.8, 4) is 11.5 Å². The van der Waals surface area contributed by atoms with Crippen LogP contribution >= 0.6 is 11.6 Å². The van der Waals surface area contributed by atoms with Crippen molar-refractivity contribution in [2.45, 2.75) is 13.0 Å². The smallest absolute Gasteiger partial charge is 0.314 e. The normalized spacial score (nSPS) is 17.8. The molecule has 0 atom stereocenters. The van der Waals surface area contributed by atoms with Gasteiger partial charge in [0.2, 0.25) is 5.89 Å². The van der Waals surface area contributed by atoms with E-state index >= 15 is 0 Å². The Bertz CT molecular complexity index is 1120. The Morgan fingerprint density at radius 1 is 1.00 bits per heavy atom. The summed E-state index contributed by atoms with van der Waals surface area (Å²) in [5.74, 6) is -1.81. The van der Waals surface area contributed by atoms with Crippen LogP contribution in [0, 0.1) is 17.0 Å². The Balaban J connectivity index is 1.17. The highest BCUT2D eigenvalue weighted by Gasteiger charge is 2.51. The Morgan fingerprint density at radius 3 is 2.42 bits per heavy atom. The molecule has 3 heterocycles. The van der Waals surface area contributed by atoms with Crippen LogP contribution in [0.3, 0.4) is 0 Å². The van der Waals surface area contributed by atoms with Crippen molar-refractivity contribution in [1.29, 1.82) is 0 Å². The summed E-state index contributed by atoms with van der Waals surface area (Å²) >= 11 is 5.86. The molecule has 0 radical (unpaired) electrons. The zero-order valence-electron chi connectivity index (χ0n) is 16.2. The second-order valence-corrected chi connectivity index (χ2v) is 8.56. The number of rotatable bonds is 5. The molecule has 31 heavy (non-hydrogen) atoms. The molecule has 5 rings (SSSR count). The molecule has 1 spiro atoms. The highest BCUT2D eigenvalue weighted by atomic mass is 35.5. The molecule has 1 aromatic heterocycles. The number of benzene rings is 2. The average molecular weight is 453 g/mol. The SMILES string of the molecule is Fc1ccc(N2CC3(CN(Cc4ccc(-c5nnc(C(F)F)o5)cc4F)C3)C2)cc1Cl. The van der Waals surface area contributed by atoms with E-state index in [2.05, 4.69) is 20.0 Å². The van der Waals surface area contributed by atoms with Gasteiger partial charge in [0.05, 0.1) is 5.02 Å². The molecular formula is C21H17ClF4N4O. The number of alkyl halides is 2. The van der Waals surface area contributed by atoms with Crippen molar-refractivity contribution in [3.63, 3.8) is 0 Å². The molecule has 5 nitrogen and oxygen atoms in total. The third-order valence-corrected chi connectivity index (χ3v) is 6.05. The molecular weight excluding hydrogens is 436 g/mol. The second-order valence-electron chi connectivity index (χ2n) is 8.15. The lowest BCUT2D eigenvalue weighted by Gasteiger charge is -2.61. The van der Waals surface area contributed by atoms with Crippen LogP contribution in [0.4, 0.5) is 23.2 Å². The monoisotopic (exact) mass is 452 g/mol. The van der Waals surface area contributed by atoms with E-state index in [1.165, 1.54) is 12.1 Å². The van der Waals surface area contributed by atoms with Crippen LogP contribution in [-0.2, 0) is 6.54 Å². The first kappa shape index (κ1) is 20.3. The van der Waals surface area contributed by atoms with Crippen molar-refractivity contribution in [1.82, 2.24) is 15.1 Å². The molecule has 2 aromatic carbocycles. The topological polar surface area (TPSA) is 45.4 Å². The van der Waals surface area contributed by atoms with Crippen molar-refractivity contribution >= 4 is 17.3 Å². The van der Waals surface area contributed by atoms with Gasteiger partial charge in [-0.1, -0.05) is 17.7 Å². The van der Waals surface area contributed by atoms with E-state index < -0.39 is 24.0 Å². The van der Waals surface area contributed by atoms with Gasteiger partial charge in [0, 0.05) is 55.0 Å². The summed E-state index contributed by atoms with van der Waals surface area (Å²) < 4.78 is 57.9. The van der Waals surface area contributed by atoms with Gasteiger partial charge in [-0.15, -0.1) is 10.2 Å². The fourth-order valence-corrected chi connectivity index (χ4v) is 4.51. The van der Waals surface area contributed by atoms with E-state index in [4.69, 9.17) is 16.0 Å². The first-order valence-corrected chi connectivity index (χ1v) is 10.0. The quantitative estimate of drug-likeness (QED) is 0.514. The summed E-state index contributed by atoms with van der Waals surface area (Å²) in [6.07, 6.45) is -2.87. The van der Waals surface area contributed by atoms with E-state index in [0.717, 1.165) is 31.9 Å². The lowest BCUT2D eigenvalue weighted by Crippen LogP contribution is -2.72. The summed E-state index contributed by atoms with van der Waals surface area (Å²) in [5.41, 5.74) is 1.82. The first-order valence-electron chi connectivity index (χ1n) is 9.65. The van der Waals surface area contributed by atoms with E-state index in [1.54, 1.807) is 24.3 Å². The maximum atomic E-state index is 14.5. The van der Waals surface area contributed by atoms with Crippen LogP contribution in [0.5, 0.6) is 0 Å². The lowest BCUT2D eigenvalue weighted by atomic mass is 9.72. The number of anilines is 1. The minimum absolute atomic E-state index is 0.110. The number of aromatic nitrogens is 2. The van der Waals surface area contributed by atoms with E-state index in [1.807, 2.05) is 0 Å². The van der Waals surface area contributed by atoms with Gasteiger partial charge in [0.25, 0.3) is 5.89 Å². The first-order chi connectivity index (χ1) is 14.8. The number of nitrogens with zero attached hydrogens (tertiary/aromatic N) is 4. The van der Waals surface area contributed by atoms with E-state index in [0.29, 0.717) is 12.1 Å². The van der Waals surface area contributed by atoms with Crippen LogP contribution in [0.1, 0.15) is 17.9 Å². The van der Waals surface area contributed by atoms with Crippen molar-refractivity contribution in [2.75, 3.05) is 31.1 Å². The predicted octanol–water partition coefficient (Wildman–Crippen LogP) is 4.93. The van der Waals surface area contributed by atoms with Gasteiger partial charge in [0.1, 0.15) is 11.6 Å². The fraction of sp³-hybridized carbons (Fsp3) is 0.333. The van der Waals surface area contributed by atoms with Gasteiger partial charge in [-0.25, -0.2) is 8.78 Å². The largest absolute Gasteiger partial charge is 0.415 e. The molecule has 2 fully saturated rings. The maximum absolute atomic E-state index is 14.5. The molecule has 2 aliphatic heterocycles. The molecule has 2 saturated heterocycles. The highest BCUT2D eigenvalue weighted by molar-refractivity contribution is 6.31. The summed E-state index contributed by atoms with van der Waals surface area (Å²) in [5, 5.41) is 6.91. The zero-order valence-corrected chi connectivity index (χ0v) is 16.9. The molecule has 0 unspecified atom stereocenters. The van der Waals surface area contributed by atoms with Gasteiger partial charge in [-0.05, 0) is 30.3 Å². The molecule has 0 saturated carbocycles. The minimum atomic E-state index is -2.87. The summed E-state index contributed by atoms with van der Waals surface area (Å²) in [6.45, 7) is 3.80.